The van der Waals surface area contributed by atoms with Gasteiger partial charge in [0.2, 0.25) is 0 Å². The van der Waals surface area contributed by atoms with E-state index in [9.17, 15) is 10.2 Å². The van der Waals surface area contributed by atoms with Gasteiger partial charge in [0.05, 0.1) is 0 Å². The summed E-state index contributed by atoms with van der Waals surface area (Å²) in [6.07, 6.45) is -1.35. The third-order valence-corrected chi connectivity index (χ3v) is 8.81. The summed E-state index contributed by atoms with van der Waals surface area (Å²) in [5.74, 6) is 4.69. The van der Waals surface area contributed by atoms with Gasteiger partial charge in [0.1, 0.15) is 23.0 Å². The Morgan fingerprint density at radius 1 is 0.389 bits per heavy atom. The first-order valence-electron chi connectivity index (χ1n) is 17.3. The molecule has 2 N–H and O–H groups in total. The van der Waals surface area contributed by atoms with E-state index in [0.29, 0.717) is 11.5 Å². The van der Waals surface area contributed by atoms with E-state index in [1.165, 1.54) is 0 Å². The summed E-state index contributed by atoms with van der Waals surface area (Å²) >= 11 is 0. The molecule has 0 aromatic heterocycles. The number of rotatable bonds is 10. The highest BCUT2D eigenvalue weighted by Crippen LogP contribution is 2.47. The molecule has 2 heterocycles. The van der Waals surface area contributed by atoms with Crippen molar-refractivity contribution < 1.29 is 48.1 Å². The summed E-state index contributed by atoms with van der Waals surface area (Å²) in [5, 5.41) is 19.1. The molecule has 0 saturated carbocycles. The molecular weight excluding hydrogens is 688 g/mol. The second-order valence-corrected chi connectivity index (χ2v) is 12.5. The number of benzene rings is 6. The zero-order valence-electron chi connectivity index (χ0n) is 29.7. The minimum atomic E-state index is -0.356. The molecule has 0 spiro atoms. The van der Waals surface area contributed by atoms with Gasteiger partial charge in [-0.05, 0) is 95.1 Å². The van der Waals surface area contributed by atoms with Crippen LogP contribution < -0.4 is 28.4 Å². The van der Waals surface area contributed by atoms with E-state index in [2.05, 4.69) is 0 Å². The zero-order chi connectivity index (χ0) is 37.3. The Hall–Kier alpha value is -6.36. The van der Waals surface area contributed by atoms with E-state index in [4.69, 9.17) is 37.9 Å². The monoisotopic (exact) mass is 728 g/mol. The van der Waals surface area contributed by atoms with Crippen LogP contribution in [0.4, 0.5) is 0 Å². The van der Waals surface area contributed by atoms with E-state index < -0.39 is 0 Å². The van der Waals surface area contributed by atoms with Crippen molar-refractivity contribution in [2.75, 3.05) is 27.8 Å². The molecule has 0 saturated heterocycles. The van der Waals surface area contributed by atoms with Crippen LogP contribution in [0.25, 0.3) is 0 Å². The van der Waals surface area contributed by atoms with Gasteiger partial charge in [-0.2, -0.15) is 0 Å². The van der Waals surface area contributed by atoms with Crippen LogP contribution in [0.15, 0.2) is 146 Å². The summed E-state index contributed by atoms with van der Waals surface area (Å²) in [4.78, 5) is 0. The summed E-state index contributed by atoms with van der Waals surface area (Å²) in [6, 6.07) is 44.6. The SMILES string of the molecule is COCOc1ccc([C@H]2Oc3ccccc3O[C@H]2c2ccc(OCOC)cc2)cc1.Oc1ccc([C@H]2Oc3ccccc3O[C@H]2c2ccc(O)cc2)cc1. The van der Waals surface area contributed by atoms with Crippen molar-refractivity contribution in [1.82, 2.24) is 0 Å². The molecule has 2 aliphatic heterocycles. The van der Waals surface area contributed by atoms with Crippen molar-refractivity contribution in [3.05, 3.63) is 168 Å². The molecule has 2 aliphatic rings. The van der Waals surface area contributed by atoms with Crippen LogP contribution >= 0.6 is 0 Å². The summed E-state index contributed by atoms with van der Waals surface area (Å²) in [7, 11) is 3.18. The lowest BCUT2D eigenvalue weighted by molar-refractivity contribution is 0.0181. The van der Waals surface area contributed by atoms with Crippen molar-refractivity contribution in [2.24, 2.45) is 0 Å². The molecular formula is C44H40O10. The van der Waals surface area contributed by atoms with E-state index in [0.717, 1.165) is 45.3 Å². The quantitative estimate of drug-likeness (QED) is 0.132. The van der Waals surface area contributed by atoms with Crippen LogP contribution in [0.3, 0.4) is 0 Å². The number of para-hydroxylation sites is 4. The van der Waals surface area contributed by atoms with Gasteiger partial charge < -0.3 is 48.1 Å². The first-order valence-corrected chi connectivity index (χ1v) is 17.3. The van der Waals surface area contributed by atoms with Gasteiger partial charge >= 0.3 is 0 Å². The maximum Gasteiger partial charge on any atom is 0.188 e. The predicted molar refractivity (Wildman–Crippen MR) is 200 cm³/mol. The largest absolute Gasteiger partial charge is 0.508 e. The predicted octanol–water partition coefficient (Wildman–Crippen LogP) is 9.26. The Bertz CT molecular complexity index is 1930. The fraction of sp³-hybridized carbons (Fsp3) is 0.182. The van der Waals surface area contributed by atoms with Gasteiger partial charge in [-0.15, -0.1) is 0 Å². The second-order valence-electron chi connectivity index (χ2n) is 12.5. The Kier molecular flexibility index (Phi) is 11.3. The van der Waals surface area contributed by atoms with Crippen molar-refractivity contribution in [2.45, 2.75) is 24.4 Å². The Balaban J connectivity index is 0.000000171. The molecule has 6 aromatic rings. The maximum absolute atomic E-state index is 9.53. The minimum absolute atomic E-state index is 0.204. The Labute approximate surface area is 313 Å². The van der Waals surface area contributed by atoms with Gasteiger partial charge in [0, 0.05) is 14.2 Å². The van der Waals surface area contributed by atoms with E-state index in [1.54, 1.807) is 38.5 Å². The fourth-order valence-electron chi connectivity index (χ4n) is 6.14. The van der Waals surface area contributed by atoms with Crippen molar-refractivity contribution in [3.63, 3.8) is 0 Å². The molecule has 276 valence electrons. The van der Waals surface area contributed by atoms with Gasteiger partial charge in [-0.1, -0.05) is 72.8 Å². The second kappa shape index (κ2) is 17.0. The molecule has 10 nitrogen and oxygen atoms in total. The topological polar surface area (TPSA) is 114 Å². The minimum Gasteiger partial charge on any atom is -0.508 e. The number of hydrogen-bond acceptors (Lipinski definition) is 10. The van der Waals surface area contributed by atoms with Crippen LogP contribution in [0.2, 0.25) is 0 Å². The van der Waals surface area contributed by atoms with Crippen LogP contribution in [-0.4, -0.2) is 38.0 Å². The number of methoxy groups -OCH3 is 2. The highest BCUT2D eigenvalue weighted by atomic mass is 16.7. The molecule has 0 amide bonds. The van der Waals surface area contributed by atoms with Crippen LogP contribution in [0.1, 0.15) is 46.7 Å². The molecule has 10 heteroatoms. The number of phenols is 2. The standard InChI is InChI=1S/C24H24O6.C20H16O4/c1-25-15-27-19-11-7-17(8-12-19)23-24(30-22-6-4-3-5-21(22)29-23)18-9-13-20(14-10-18)28-16-26-2;21-15-9-5-13(6-10-15)19-20(14-7-11-16(22)12-8-14)24-18-4-2-1-3-17(18)23-19/h3-14,23-24H,15-16H2,1-2H3;1-12,19-22H/t23-,24+;19-,20+. The van der Waals surface area contributed by atoms with E-state index >= 15 is 0 Å². The van der Waals surface area contributed by atoms with Crippen molar-refractivity contribution in [1.29, 1.82) is 0 Å². The van der Waals surface area contributed by atoms with Crippen molar-refractivity contribution in [3.8, 4) is 46.0 Å². The summed E-state index contributed by atoms with van der Waals surface area (Å²) in [6.45, 7) is 0.408. The number of phenolic OH excluding ortho intramolecular Hbond substituents is 2. The van der Waals surface area contributed by atoms with Gasteiger partial charge in [-0.25, -0.2) is 0 Å². The lowest BCUT2D eigenvalue weighted by atomic mass is 9.96. The molecule has 4 atom stereocenters. The number of ether oxygens (including phenoxy) is 8. The molecule has 0 radical (unpaired) electrons. The normalized spacial score (nSPS) is 18.1. The Morgan fingerprint density at radius 2 is 0.648 bits per heavy atom. The summed E-state index contributed by atoms with van der Waals surface area (Å²) in [5.41, 5.74) is 3.78. The summed E-state index contributed by atoms with van der Waals surface area (Å²) < 4.78 is 46.0. The molecule has 6 aromatic carbocycles. The maximum atomic E-state index is 9.53. The van der Waals surface area contributed by atoms with Gasteiger partial charge in [-0.3, -0.25) is 0 Å². The van der Waals surface area contributed by atoms with Crippen LogP contribution in [-0.2, 0) is 9.47 Å². The average molecular weight is 729 g/mol. The molecule has 0 aliphatic carbocycles. The van der Waals surface area contributed by atoms with Gasteiger partial charge in [0.25, 0.3) is 0 Å². The van der Waals surface area contributed by atoms with Crippen molar-refractivity contribution >= 4 is 0 Å². The van der Waals surface area contributed by atoms with E-state index in [-0.39, 0.29) is 49.5 Å². The number of fused-ring (bicyclic) bond motifs is 2. The number of hydrogen-bond donors (Lipinski definition) is 2. The van der Waals surface area contributed by atoms with E-state index in [1.807, 2.05) is 121 Å². The van der Waals surface area contributed by atoms with Crippen LogP contribution in [0.5, 0.6) is 46.0 Å². The lowest BCUT2D eigenvalue weighted by Crippen LogP contribution is -2.26. The smallest absolute Gasteiger partial charge is 0.188 e. The van der Waals surface area contributed by atoms with Gasteiger partial charge in [0.15, 0.2) is 61.0 Å². The lowest BCUT2D eigenvalue weighted by Gasteiger charge is -2.34. The average Bonchev–Trinajstić information content (AvgIpc) is 3.22. The zero-order valence-corrected chi connectivity index (χ0v) is 29.7. The molecule has 0 fully saturated rings. The molecule has 0 unspecified atom stereocenters. The fourth-order valence-corrected chi connectivity index (χ4v) is 6.14. The third-order valence-electron chi connectivity index (χ3n) is 8.81. The van der Waals surface area contributed by atoms with Crippen LogP contribution in [0, 0.1) is 0 Å². The highest BCUT2D eigenvalue weighted by Gasteiger charge is 2.35. The molecule has 54 heavy (non-hydrogen) atoms. The highest BCUT2D eigenvalue weighted by molar-refractivity contribution is 5.46. The Morgan fingerprint density at radius 3 is 0.907 bits per heavy atom. The first kappa shape index (κ1) is 36.0. The molecule has 8 rings (SSSR count). The first-order chi connectivity index (χ1) is 26.5. The molecule has 0 bridgehead atoms. The number of aromatic hydroxyl groups is 2. The third kappa shape index (κ3) is 8.47.